The molecule has 0 saturated carbocycles. The number of benzene rings is 1. The smallest absolute Gasteiger partial charge is 0.0849 e. The summed E-state index contributed by atoms with van der Waals surface area (Å²) in [7, 11) is 0. The summed E-state index contributed by atoms with van der Waals surface area (Å²) in [6.45, 7) is 1.74. The predicted octanol–water partition coefficient (Wildman–Crippen LogP) is 0.516. The van der Waals surface area contributed by atoms with E-state index < -0.39 is 0 Å². The first-order valence-electron chi connectivity index (χ1n) is 3.73. The standard InChI is InChI=1S/C8H11N3/c1-2-4-8(5-3-1)11-7-9-6-10-11/h1-5,9-10H,6-7H2. The molecule has 2 N–H and O–H groups in total. The molecule has 3 heteroatoms. The molecule has 1 aliphatic heterocycles. The van der Waals surface area contributed by atoms with Crippen molar-refractivity contribution in [2.45, 2.75) is 0 Å². The van der Waals surface area contributed by atoms with Crippen LogP contribution in [-0.2, 0) is 0 Å². The molecule has 2 rings (SSSR count). The minimum atomic E-state index is 0.856. The SMILES string of the molecule is c1ccc(N2CNCN2)cc1. The topological polar surface area (TPSA) is 27.3 Å². The number of nitrogens with one attached hydrogen (secondary N) is 2. The fraction of sp³-hybridized carbons (Fsp3) is 0.250. The Balaban J connectivity index is 2.16. The van der Waals surface area contributed by atoms with Crippen molar-refractivity contribution in [3.8, 4) is 0 Å². The number of nitrogens with zero attached hydrogens (tertiary/aromatic N) is 1. The van der Waals surface area contributed by atoms with Gasteiger partial charge in [0.2, 0.25) is 0 Å². The molecule has 0 unspecified atom stereocenters. The summed E-state index contributed by atoms with van der Waals surface area (Å²) in [5.41, 5.74) is 4.40. The molecule has 0 aliphatic carbocycles. The maximum absolute atomic E-state index is 3.20. The van der Waals surface area contributed by atoms with Gasteiger partial charge < -0.3 is 0 Å². The summed E-state index contributed by atoms with van der Waals surface area (Å²) in [5.74, 6) is 0. The predicted molar refractivity (Wildman–Crippen MR) is 44.9 cm³/mol. The van der Waals surface area contributed by atoms with Crippen molar-refractivity contribution in [2.24, 2.45) is 0 Å². The van der Waals surface area contributed by atoms with E-state index in [1.165, 1.54) is 5.69 Å². The molecule has 1 aromatic rings. The Morgan fingerprint density at radius 3 is 2.64 bits per heavy atom. The molecule has 1 aliphatic rings. The van der Waals surface area contributed by atoms with E-state index in [2.05, 4.69) is 27.9 Å². The minimum absolute atomic E-state index is 0.856. The summed E-state index contributed by atoms with van der Waals surface area (Å²) < 4.78 is 0. The van der Waals surface area contributed by atoms with Crippen molar-refractivity contribution < 1.29 is 0 Å². The van der Waals surface area contributed by atoms with E-state index in [1.54, 1.807) is 0 Å². The maximum atomic E-state index is 3.20. The van der Waals surface area contributed by atoms with Gasteiger partial charge in [-0.2, -0.15) is 0 Å². The molecular weight excluding hydrogens is 138 g/mol. The van der Waals surface area contributed by atoms with Gasteiger partial charge >= 0.3 is 0 Å². The Hall–Kier alpha value is -1.06. The summed E-state index contributed by atoms with van der Waals surface area (Å²) in [6.07, 6.45) is 0. The van der Waals surface area contributed by atoms with E-state index in [9.17, 15) is 0 Å². The quantitative estimate of drug-likeness (QED) is 0.609. The van der Waals surface area contributed by atoms with Gasteiger partial charge in [0.25, 0.3) is 0 Å². The van der Waals surface area contributed by atoms with E-state index in [0.717, 1.165) is 13.3 Å². The van der Waals surface area contributed by atoms with E-state index in [4.69, 9.17) is 0 Å². The normalized spacial score (nSPS) is 17.3. The van der Waals surface area contributed by atoms with E-state index in [0.29, 0.717) is 0 Å². The lowest BCUT2D eigenvalue weighted by atomic mass is 10.3. The van der Waals surface area contributed by atoms with Crippen LogP contribution in [0.2, 0.25) is 0 Å². The Morgan fingerprint density at radius 2 is 2.00 bits per heavy atom. The second-order valence-electron chi connectivity index (χ2n) is 2.51. The largest absolute Gasteiger partial charge is 0.293 e. The van der Waals surface area contributed by atoms with Gasteiger partial charge in [0.05, 0.1) is 19.0 Å². The Kier molecular flexibility index (Phi) is 1.75. The molecule has 0 amide bonds. The fourth-order valence-corrected chi connectivity index (χ4v) is 1.17. The molecule has 1 fully saturated rings. The summed E-state index contributed by atoms with van der Waals surface area (Å²) in [5, 5.41) is 5.27. The number of hydrogen-bond acceptors (Lipinski definition) is 3. The second-order valence-corrected chi connectivity index (χ2v) is 2.51. The molecule has 1 heterocycles. The van der Waals surface area contributed by atoms with Crippen molar-refractivity contribution >= 4 is 5.69 Å². The van der Waals surface area contributed by atoms with Crippen LogP contribution in [0.1, 0.15) is 0 Å². The third kappa shape index (κ3) is 1.34. The molecule has 0 atom stereocenters. The van der Waals surface area contributed by atoms with Crippen LogP contribution in [0.15, 0.2) is 30.3 Å². The molecule has 11 heavy (non-hydrogen) atoms. The molecular formula is C8H11N3. The van der Waals surface area contributed by atoms with Crippen molar-refractivity contribution in [3.05, 3.63) is 30.3 Å². The highest BCUT2D eigenvalue weighted by atomic mass is 15.6. The molecule has 1 saturated heterocycles. The molecule has 0 radical (unpaired) electrons. The first kappa shape index (κ1) is 6.64. The zero-order valence-electron chi connectivity index (χ0n) is 6.25. The number of hydrogen-bond donors (Lipinski definition) is 2. The number of rotatable bonds is 1. The van der Waals surface area contributed by atoms with E-state index in [1.807, 2.05) is 18.2 Å². The third-order valence-electron chi connectivity index (χ3n) is 1.73. The van der Waals surface area contributed by atoms with Crippen molar-refractivity contribution in [1.82, 2.24) is 10.7 Å². The first-order valence-corrected chi connectivity index (χ1v) is 3.73. The van der Waals surface area contributed by atoms with Crippen LogP contribution in [0.5, 0.6) is 0 Å². The van der Waals surface area contributed by atoms with Crippen LogP contribution >= 0.6 is 0 Å². The van der Waals surface area contributed by atoms with Crippen molar-refractivity contribution in [1.29, 1.82) is 0 Å². The van der Waals surface area contributed by atoms with Crippen LogP contribution in [0.25, 0.3) is 0 Å². The molecule has 0 spiro atoms. The van der Waals surface area contributed by atoms with Gasteiger partial charge in [-0.1, -0.05) is 18.2 Å². The maximum Gasteiger partial charge on any atom is 0.0849 e. The second kappa shape index (κ2) is 2.90. The van der Waals surface area contributed by atoms with E-state index >= 15 is 0 Å². The molecule has 58 valence electrons. The highest BCUT2D eigenvalue weighted by Gasteiger charge is 2.08. The average Bonchev–Trinajstić information content (AvgIpc) is 2.58. The van der Waals surface area contributed by atoms with Crippen molar-refractivity contribution in [3.63, 3.8) is 0 Å². The Bertz CT molecular complexity index is 216. The third-order valence-corrected chi connectivity index (χ3v) is 1.73. The zero-order valence-corrected chi connectivity index (χ0v) is 6.25. The number of hydrazine groups is 1. The zero-order chi connectivity index (χ0) is 7.52. The van der Waals surface area contributed by atoms with Gasteiger partial charge in [-0.3, -0.25) is 10.3 Å². The summed E-state index contributed by atoms with van der Waals surface area (Å²) in [4.78, 5) is 0. The number of para-hydroxylation sites is 1. The van der Waals surface area contributed by atoms with Gasteiger partial charge in [0, 0.05) is 0 Å². The van der Waals surface area contributed by atoms with Gasteiger partial charge in [0.15, 0.2) is 0 Å². The van der Waals surface area contributed by atoms with Gasteiger partial charge in [-0.25, -0.2) is 5.43 Å². The average molecular weight is 149 g/mol. The monoisotopic (exact) mass is 149 g/mol. The van der Waals surface area contributed by atoms with Crippen LogP contribution < -0.4 is 15.8 Å². The highest BCUT2D eigenvalue weighted by molar-refractivity contribution is 5.44. The molecule has 0 aromatic heterocycles. The lowest BCUT2D eigenvalue weighted by Gasteiger charge is -2.15. The minimum Gasteiger partial charge on any atom is -0.293 e. The first-order chi connectivity index (χ1) is 5.47. The fourth-order valence-electron chi connectivity index (χ4n) is 1.17. The lowest BCUT2D eigenvalue weighted by Crippen LogP contribution is -2.30. The number of anilines is 1. The Morgan fingerprint density at radius 1 is 1.18 bits per heavy atom. The van der Waals surface area contributed by atoms with Crippen LogP contribution in [0.3, 0.4) is 0 Å². The van der Waals surface area contributed by atoms with Gasteiger partial charge in [-0.15, -0.1) is 0 Å². The lowest BCUT2D eigenvalue weighted by molar-refractivity contribution is 0.778. The van der Waals surface area contributed by atoms with Crippen molar-refractivity contribution in [2.75, 3.05) is 18.3 Å². The van der Waals surface area contributed by atoms with Gasteiger partial charge in [-0.05, 0) is 12.1 Å². The molecule has 0 bridgehead atoms. The Labute approximate surface area is 66.0 Å². The van der Waals surface area contributed by atoms with Crippen LogP contribution in [-0.4, -0.2) is 13.3 Å². The van der Waals surface area contributed by atoms with Gasteiger partial charge in [0.1, 0.15) is 0 Å². The molecule has 3 nitrogen and oxygen atoms in total. The summed E-state index contributed by atoms with van der Waals surface area (Å²) in [6, 6.07) is 10.3. The molecule has 1 aromatic carbocycles. The van der Waals surface area contributed by atoms with Crippen LogP contribution in [0.4, 0.5) is 5.69 Å². The summed E-state index contributed by atoms with van der Waals surface area (Å²) >= 11 is 0. The van der Waals surface area contributed by atoms with E-state index in [-0.39, 0.29) is 0 Å². The highest BCUT2D eigenvalue weighted by Crippen LogP contribution is 2.10. The van der Waals surface area contributed by atoms with Crippen LogP contribution in [0, 0.1) is 0 Å².